The zero-order valence-corrected chi connectivity index (χ0v) is 14.4. The first-order valence-electron chi connectivity index (χ1n) is 7.14. The summed E-state index contributed by atoms with van der Waals surface area (Å²) < 4.78 is 23.1. The lowest BCUT2D eigenvalue weighted by Crippen LogP contribution is -1.96. The largest absolute Gasteiger partial charge is 0.390 e. The molecule has 0 fully saturated rings. The van der Waals surface area contributed by atoms with Gasteiger partial charge in [0.05, 0.1) is 22.9 Å². The smallest absolute Gasteiger partial charge is 0.175 e. The molecule has 7 heteroatoms. The molecule has 0 spiro atoms. The highest BCUT2D eigenvalue weighted by Gasteiger charge is 2.14. The monoisotopic (exact) mass is 362 g/mol. The van der Waals surface area contributed by atoms with Crippen molar-refractivity contribution in [3.05, 3.63) is 59.2 Å². The highest BCUT2D eigenvalue weighted by Crippen LogP contribution is 2.27. The third kappa shape index (κ3) is 3.36. The normalized spacial score (nSPS) is 11.6. The molecule has 0 aliphatic heterocycles. The van der Waals surface area contributed by atoms with E-state index in [1.807, 2.05) is 12.1 Å². The van der Waals surface area contributed by atoms with Crippen molar-refractivity contribution in [2.45, 2.75) is 11.5 Å². The number of aromatic nitrogens is 2. The minimum atomic E-state index is -3.25. The average Bonchev–Trinajstić information content (AvgIpc) is 2.99. The van der Waals surface area contributed by atoms with Crippen LogP contribution in [0.1, 0.15) is 5.69 Å². The number of hydrogen-bond acceptors (Lipinski definition) is 4. The molecular weight excluding hydrogens is 348 g/mol. The number of sulfone groups is 1. The maximum Gasteiger partial charge on any atom is 0.175 e. The van der Waals surface area contributed by atoms with Gasteiger partial charge in [-0.15, -0.1) is 0 Å². The summed E-state index contributed by atoms with van der Waals surface area (Å²) in [6.07, 6.45) is 1.16. The highest BCUT2D eigenvalue weighted by molar-refractivity contribution is 7.90. The molecule has 2 aromatic carbocycles. The van der Waals surface area contributed by atoms with E-state index in [2.05, 4.69) is 9.97 Å². The topological polar surface area (TPSA) is 83.0 Å². The quantitative estimate of drug-likeness (QED) is 0.746. The molecule has 2 N–H and O–H groups in total. The summed E-state index contributed by atoms with van der Waals surface area (Å²) in [5.74, 6) is 0.609. The summed E-state index contributed by atoms with van der Waals surface area (Å²) >= 11 is 5.89. The van der Waals surface area contributed by atoms with Gasteiger partial charge in [0.15, 0.2) is 9.84 Å². The van der Waals surface area contributed by atoms with Crippen molar-refractivity contribution in [1.82, 2.24) is 9.97 Å². The molecule has 0 atom stereocenters. The van der Waals surface area contributed by atoms with E-state index in [1.54, 1.807) is 24.3 Å². The Bertz CT molecular complexity index is 962. The number of benzene rings is 2. The lowest BCUT2D eigenvalue weighted by atomic mass is 10.1. The second-order valence-electron chi connectivity index (χ2n) is 5.37. The molecule has 0 aliphatic carbocycles. The van der Waals surface area contributed by atoms with Gasteiger partial charge in [-0.1, -0.05) is 23.7 Å². The van der Waals surface area contributed by atoms with E-state index >= 15 is 0 Å². The van der Waals surface area contributed by atoms with E-state index in [1.165, 1.54) is 12.1 Å². The Hall–Kier alpha value is -2.15. The fraction of sp³-hybridized carbons (Fsp3) is 0.118. The van der Waals surface area contributed by atoms with Gasteiger partial charge in [-0.25, -0.2) is 13.4 Å². The van der Waals surface area contributed by atoms with Crippen LogP contribution in [-0.2, 0) is 16.4 Å². The Labute approximate surface area is 144 Å². The Morgan fingerprint density at radius 3 is 2.17 bits per heavy atom. The first-order valence-corrected chi connectivity index (χ1v) is 9.41. The zero-order valence-electron chi connectivity index (χ0n) is 12.8. The van der Waals surface area contributed by atoms with Crippen molar-refractivity contribution in [3.8, 4) is 22.6 Å². The van der Waals surface area contributed by atoms with E-state index in [4.69, 9.17) is 11.6 Å². The van der Waals surface area contributed by atoms with E-state index < -0.39 is 9.84 Å². The van der Waals surface area contributed by atoms with E-state index in [0.29, 0.717) is 22.2 Å². The van der Waals surface area contributed by atoms with E-state index in [0.717, 1.165) is 17.4 Å². The molecule has 0 bridgehead atoms. The van der Waals surface area contributed by atoms with Crippen LogP contribution in [0.3, 0.4) is 0 Å². The van der Waals surface area contributed by atoms with Crippen LogP contribution in [-0.4, -0.2) is 29.7 Å². The number of nitrogens with zero attached hydrogens (tertiary/aromatic N) is 1. The third-order valence-corrected chi connectivity index (χ3v) is 4.99. The third-order valence-electron chi connectivity index (χ3n) is 3.61. The predicted molar refractivity (Wildman–Crippen MR) is 93.5 cm³/mol. The summed E-state index contributed by atoms with van der Waals surface area (Å²) in [6, 6.07) is 13.6. The van der Waals surface area contributed by atoms with Crippen LogP contribution in [0.25, 0.3) is 22.6 Å². The fourth-order valence-corrected chi connectivity index (χ4v) is 3.12. The number of aromatic amines is 1. The summed E-state index contributed by atoms with van der Waals surface area (Å²) in [6.45, 7) is -0.205. The molecule has 24 heavy (non-hydrogen) atoms. The van der Waals surface area contributed by atoms with Gasteiger partial charge >= 0.3 is 0 Å². The van der Waals surface area contributed by atoms with Crippen molar-refractivity contribution in [2.24, 2.45) is 0 Å². The fourth-order valence-electron chi connectivity index (χ4n) is 2.37. The number of halogens is 1. The van der Waals surface area contributed by atoms with Crippen molar-refractivity contribution < 1.29 is 13.5 Å². The van der Waals surface area contributed by atoms with Gasteiger partial charge in [-0.3, -0.25) is 0 Å². The van der Waals surface area contributed by atoms with Gasteiger partial charge in [-0.2, -0.15) is 0 Å². The van der Waals surface area contributed by atoms with Gasteiger partial charge in [0.25, 0.3) is 0 Å². The van der Waals surface area contributed by atoms with Gasteiger partial charge in [0.1, 0.15) is 5.82 Å². The highest BCUT2D eigenvalue weighted by atomic mass is 35.5. The van der Waals surface area contributed by atoms with Crippen molar-refractivity contribution in [3.63, 3.8) is 0 Å². The van der Waals surface area contributed by atoms with Crippen LogP contribution in [0.2, 0.25) is 5.02 Å². The molecule has 5 nitrogen and oxygen atoms in total. The first kappa shape index (κ1) is 16.7. The Morgan fingerprint density at radius 2 is 1.62 bits per heavy atom. The molecule has 124 valence electrons. The number of H-pyrrole nitrogens is 1. The maximum absolute atomic E-state index is 11.5. The molecular formula is C17H15ClN2O3S. The average molecular weight is 363 g/mol. The standard InChI is InChI=1S/C17H15ClN2O3S/c1-24(22,23)14-8-4-11(5-9-14)16-15(10-21)19-17(20-16)12-2-6-13(18)7-3-12/h2-9,21H,10H2,1H3,(H,19,20). The predicted octanol–water partition coefficient (Wildman–Crippen LogP) is 3.29. The molecule has 0 aliphatic rings. The SMILES string of the molecule is CS(=O)(=O)c1ccc(-c2nc(-c3ccc(Cl)cc3)[nH]c2CO)cc1. The molecule has 1 heterocycles. The number of imidazole rings is 1. The molecule has 0 unspecified atom stereocenters. The summed E-state index contributed by atoms with van der Waals surface area (Å²) in [5, 5.41) is 10.2. The minimum Gasteiger partial charge on any atom is -0.390 e. The molecule has 0 radical (unpaired) electrons. The first-order chi connectivity index (χ1) is 11.4. The van der Waals surface area contributed by atoms with Crippen molar-refractivity contribution >= 4 is 21.4 Å². The summed E-state index contributed by atoms with van der Waals surface area (Å²) in [5.41, 5.74) is 2.71. The van der Waals surface area contributed by atoms with Crippen LogP contribution in [0.5, 0.6) is 0 Å². The molecule has 3 aromatic rings. The van der Waals surface area contributed by atoms with E-state index in [9.17, 15) is 13.5 Å². The van der Waals surface area contributed by atoms with Gasteiger partial charge < -0.3 is 10.1 Å². The molecule has 1 aromatic heterocycles. The van der Waals surface area contributed by atoms with Gasteiger partial charge in [-0.05, 0) is 36.4 Å². The number of hydrogen-bond donors (Lipinski definition) is 2. The van der Waals surface area contributed by atoms with E-state index in [-0.39, 0.29) is 11.5 Å². The van der Waals surface area contributed by atoms with Crippen LogP contribution in [0, 0.1) is 0 Å². The Morgan fingerprint density at radius 1 is 1.04 bits per heavy atom. The minimum absolute atomic E-state index is 0.205. The van der Waals surface area contributed by atoms with Crippen LogP contribution < -0.4 is 0 Å². The Kier molecular flexibility index (Phi) is 4.45. The summed E-state index contributed by atoms with van der Waals surface area (Å²) in [7, 11) is -3.25. The number of rotatable bonds is 4. The summed E-state index contributed by atoms with van der Waals surface area (Å²) in [4.78, 5) is 7.86. The zero-order chi connectivity index (χ0) is 17.3. The van der Waals surface area contributed by atoms with Crippen molar-refractivity contribution in [1.29, 1.82) is 0 Å². The number of aliphatic hydroxyl groups excluding tert-OH is 1. The van der Waals surface area contributed by atoms with Gasteiger partial charge in [0, 0.05) is 22.4 Å². The molecule has 3 rings (SSSR count). The van der Waals surface area contributed by atoms with Crippen LogP contribution in [0.4, 0.5) is 0 Å². The molecule has 0 amide bonds. The lowest BCUT2D eigenvalue weighted by Gasteiger charge is -2.02. The lowest BCUT2D eigenvalue weighted by molar-refractivity contribution is 0.278. The number of aliphatic hydroxyl groups is 1. The number of nitrogens with one attached hydrogen (secondary N) is 1. The van der Waals surface area contributed by atoms with Crippen molar-refractivity contribution in [2.75, 3.05) is 6.26 Å². The van der Waals surface area contributed by atoms with Crippen LogP contribution in [0.15, 0.2) is 53.4 Å². The van der Waals surface area contributed by atoms with Crippen LogP contribution >= 0.6 is 11.6 Å². The molecule has 0 saturated carbocycles. The Balaban J connectivity index is 2.03. The second kappa shape index (κ2) is 6.39. The second-order valence-corrected chi connectivity index (χ2v) is 7.83. The van der Waals surface area contributed by atoms with Gasteiger partial charge in [0.2, 0.25) is 0 Å². The maximum atomic E-state index is 11.5. The molecule has 0 saturated heterocycles.